The quantitative estimate of drug-likeness (QED) is 0.670. The molecular weight excluding hydrogens is 206 g/mol. The van der Waals surface area contributed by atoms with Gasteiger partial charge in [-0.25, -0.2) is 0 Å². The average Bonchev–Trinajstić information content (AvgIpc) is 2.61. The molecule has 0 aromatic rings. The largest absolute Gasteiger partial charge is 0.388 e. The van der Waals surface area contributed by atoms with E-state index in [1.54, 1.807) is 4.90 Å². The maximum Gasteiger partial charge on any atom is 0.226 e. The lowest BCUT2D eigenvalue weighted by molar-refractivity contribution is -0.130. The van der Waals surface area contributed by atoms with Crippen molar-refractivity contribution < 1.29 is 15.0 Å². The van der Waals surface area contributed by atoms with Gasteiger partial charge in [-0.3, -0.25) is 4.79 Å². The van der Waals surface area contributed by atoms with Crippen LogP contribution in [0.1, 0.15) is 32.1 Å². The van der Waals surface area contributed by atoms with Crippen LogP contribution >= 0.6 is 0 Å². The predicted octanol–water partition coefficient (Wildman–Crippen LogP) is 0.441. The van der Waals surface area contributed by atoms with Crippen molar-refractivity contribution in [3.63, 3.8) is 0 Å². The fraction of sp³-hybridized carbons (Fsp3) is 0.750. The molecule has 1 aliphatic carbocycles. The molecule has 90 valence electrons. The second-order valence-corrected chi connectivity index (χ2v) is 4.72. The highest BCUT2D eigenvalue weighted by Gasteiger charge is 2.32. The van der Waals surface area contributed by atoms with E-state index in [0.717, 1.165) is 12.8 Å². The van der Waals surface area contributed by atoms with Gasteiger partial charge in [0.05, 0.1) is 12.2 Å². The number of aliphatic hydroxyl groups excluding tert-OH is 2. The molecule has 1 saturated heterocycles. The van der Waals surface area contributed by atoms with Gasteiger partial charge in [0, 0.05) is 19.5 Å². The molecule has 1 aliphatic heterocycles. The molecule has 1 fully saturated rings. The molecule has 4 heteroatoms. The molecule has 16 heavy (non-hydrogen) atoms. The van der Waals surface area contributed by atoms with E-state index in [0.29, 0.717) is 6.42 Å². The van der Waals surface area contributed by atoms with E-state index in [1.807, 2.05) is 0 Å². The van der Waals surface area contributed by atoms with E-state index in [-0.39, 0.29) is 19.0 Å². The summed E-state index contributed by atoms with van der Waals surface area (Å²) in [5.41, 5.74) is 1.21. The van der Waals surface area contributed by atoms with Gasteiger partial charge in [0.15, 0.2) is 0 Å². The van der Waals surface area contributed by atoms with E-state index in [1.165, 1.54) is 18.4 Å². The maximum atomic E-state index is 11.9. The second kappa shape index (κ2) is 4.97. The zero-order chi connectivity index (χ0) is 11.5. The van der Waals surface area contributed by atoms with Crippen LogP contribution in [0, 0.1) is 0 Å². The molecule has 0 aromatic carbocycles. The van der Waals surface area contributed by atoms with E-state index in [4.69, 9.17) is 0 Å². The number of hydrogen-bond acceptors (Lipinski definition) is 3. The molecule has 2 rings (SSSR count). The number of β-amino-alcohol motifs (C(OH)–C–C–N with tert-alkyl or cyclic N) is 2. The van der Waals surface area contributed by atoms with Gasteiger partial charge in [0.25, 0.3) is 0 Å². The Balaban J connectivity index is 1.86. The number of hydrogen-bond donors (Lipinski definition) is 2. The summed E-state index contributed by atoms with van der Waals surface area (Å²) < 4.78 is 0. The summed E-state index contributed by atoms with van der Waals surface area (Å²) in [6.07, 6.45) is 5.56. The van der Waals surface area contributed by atoms with Gasteiger partial charge in [0.1, 0.15) is 0 Å². The SMILES string of the molecule is O=C(CC1=CCCCC1)N1CC(O)C(O)C1. The van der Waals surface area contributed by atoms with Crippen molar-refractivity contribution in [2.75, 3.05) is 13.1 Å². The van der Waals surface area contributed by atoms with Crippen molar-refractivity contribution in [2.24, 2.45) is 0 Å². The van der Waals surface area contributed by atoms with Crippen LogP contribution in [0.4, 0.5) is 0 Å². The number of allylic oxidation sites excluding steroid dienone is 1. The molecule has 2 aliphatic rings. The fourth-order valence-corrected chi connectivity index (χ4v) is 2.34. The van der Waals surface area contributed by atoms with Crippen LogP contribution in [0.5, 0.6) is 0 Å². The monoisotopic (exact) mass is 225 g/mol. The highest BCUT2D eigenvalue weighted by molar-refractivity contribution is 5.79. The van der Waals surface area contributed by atoms with Crippen LogP contribution in [-0.4, -0.2) is 46.3 Å². The molecule has 1 heterocycles. The van der Waals surface area contributed by atoms with Gasteiger partial charge in [-0.2, -0.15) is 0 Å². The molecule has 1 amide bonds. The normalized spacial score (nSPS) is 30.4. The minimum absolute atomic E-state index is 0.0313. The average molecular weight is 225 g/mol. The summed E-state index contributed by atoms with van der Waals surface area (Å²) >= 11 is 0. The summed E-state index contributed by atoms with van der Waals surface area (Å²) in [6.45, 7) is 0.542. The highest BCUT2D eigenvalue weighted by atomic mass is 16.3. The first-order valence-electron chi connectivity index (χ1n) is 5.98. The number of carbonyl (C=O) groups excluding carboxylic acids is 1. The molecule has 0 bridgehead atoms. The fourth-order valence-electron chi connectivity index (χ4n) is 2.34. The smallest absolute Gasteiger partial charge is 0.226 e. The topological polar surface area (TPSA) is 60.8 Å². The van der Waals surface area contributed by atoms with Gasteiger partial charge in [0.2, 0.25) is 5.91 Å². The van der Waals surface area contributed by atoms with Gasteiger partial charge in [-0.1, -0.05) is 11.6 Å². The molecule has 0 aromatic heterocycles. The van der Waals surface area contributed by atoms with E-state index < -0.39 is 12.2 Å². The third-order valence-corrected chi connectivity index (χ3v) is 3.38. The summed E-state index contributed by atoms with van der Waals surface area (Å²) in [5.74, 6) is 0.0313. The van der Waals surface area contributed by atoms with Crippen LogP contribution in [0.15, 0.2) is 11.6 Å². The van der Waals surface area contributed by atoms with Crippen LogP contribution in [0.3, 0.4) is 0 Å². The Morgan fingerprint density at radius 1 is 1.31 bits per heavy atom. The zero-order valence-electron chi connectivity index (χ0n) is 9.43. The Hall–Kier alpha value is -0.870. The first kappa shape index (κ1) is 11.6. The van der Waals surface area contributed by atoms with Crippen molar-refractivity contribution in [3.8, 4) is 0 Å². The van der Waals surface area contributed by atoms with Crippen molar-refractivity contribution in [1.29, 1.82) is 0 Å². The Morgan fingerprint density at radius 2 is 2.00 bits per heavy atom. The molecule has 2 unspecified atom stereocenters. The van der Waals surface area contributed by atoms with Crippen molar-refractivity contribution in [1.82, 2.24) is 4.90 Å². The Labute approximate surface area is 95.6 Å². The number of carbonyl (C=O) groups is 1. The Bertz CT molecular complexity index is 291. The molecule has 0 saturated carbocycles. The molecule has 2 N–H and O–H groups in total. The summed E-state index contributed by atoms with van der Waals surface area (Å²) in [6, 6.07) is 0. The summed E-state index contributed by atoms with van der Waals surface area (Å²) in [5, 5.41) is 18.7. The second-order valence-electron chi connectivity index (χ2n) is 4.72. The minimum Gasteiger partial charge on any atom is -0.388 e. The molecular formula is C12H19NO3. The van der Waals surface area contributed by atoms with Crippen molar-refractivity contribution >= 4 is 5.91 Å². The lowest BCUT2D eigenvalue weighted by atomic mass is 9.97. The first-order chi connectivity index (χ1) is 7.66. The predicted molar refractivity (Wildman–Crippen MR) is 59.8 cm³/mol. The third-order valence-electron chi connectivity index (χ3n) is 3.38. The van der Waals surface area contributed by atoms with Crippen molar-refractivity contribution in [2.45, 2.75) is 44.3 Å². The number of likely N-dealkylation sites (tertiary alicyclic amines) is 1. The van der Waals surface area contributed by atoms with Crippen LogP contribution in [0.25, 0.3) is 0 Å². The highest BCUT2D eigenvalue weighted by Crippen LogP contribution is 2.22. The lowest BCUT2D eigenvalue weighted by Crippen LogP contribution is -2.30. The van der Waals surface area contributed by atoms with Gasteiger partial charge >= 0.3 is 0 Å². The number of aliphatic hydroxyl groups is 2. The third kappa shape index (κ3) is 2.62. The van der Waals surface area contributed by atoms with Crippen LogP contribution < -0.4 is 0 Å². The zero-order valence-corrected chi connectivity index (χ0v) is 9.43. The number of amides is 1. The van der Waals surface area contributed by atoms with Gasteiger partial charge < -0.3 is 15.1 Å². The minimum atomic E-state index is -0.774. The molecule has 4 nitrogen and oxygen atoms in total. The summed E-state index contributed by atoms with van der Waals surface area (Å²) in [7, 11) is 0. The van der Waals surface area contributed by atoms with Crippen LogP contribution in [0.2, 0.25) is 0 Å². The van der Waals surface area contributed by atoms with Gasteiger partial charge in [-0.15, -0.1) is 0 Å². The number of rotatable bonds is 2. The van der Waals surface area contributed by atoms with E-state index >= 15 is 0 Å². The Kier molecular flexibility index (Phi) is 3.61. The van der Waals surface area contributed by atoms with E-state index in [9.17, 15) is 15.0 Å². The molecule has 0 radical (unpaired) electrons. The van der Waals surface area contributed by atoms with E-state index in [2.05, 4.69) is 6.08 Å². The van der Waals surface area contributed by atoms with Gasteiger partial charge in [-0.05, 0) is 25.7 Å². The lowest BCUT2D eigenvalue weighted by Gasteiger charge is -2.18. The maximum absolute atomic E-state index is 11.9. The van der Waals surface area contributed by atoms with Crippen molar-refractivity contribution in [3.05, 3.63) is 11.6 Å². The molecule has 2 atom stereocenters. The Morgan fingerprint density at radius 3 is 2.56 bits per heavy atom. The standard InChI is InChI=1S/C12H19NO3/c14-10-7-13(8-11(10)15)12(16)6-9-4-2-1-3-5-9/h4,10-11,14-15H,1-3,5-8H2. The first-order valence-corrected chi connectivity index (χ1v) is 5.98. The summed E-state index contributed by atoms with van der Waals surface area (Å²) in [4.78, 5) is 13.4. The molecule has 0 spiro atoms. The number of nitrogens with zero attached hydrogens (tertiary/aromatic N) is 1. The van der Waals surface area contributed by atoms with Crippen LogP contribution in [-0.2, 0) is 4.79 Å².